The van der Waals surface area contributed by atoms with Crippen molar-refractivity contribution in [2.24, 2.45) is 10.9 Å². The van der Waals surface area contributed by atoms with Crippen LogP contribution in [-0.4, -0.2) is 31.0 Å². The Balaban J connectivity index is 2.56. The lowest BCUT2D eigenvalue weighted by Gasteiger charge is -2.20. The Morgan fingerprint density at radius 2 is 1.71 bits per heavy atom. The van der Waals surface area contributed by atoms with Gasteiger partial charge in [-0.3, -0.25) is 9.79 Å². The van der Waals surface area contributed by atoms with E-state index in [4.69, 9.17) is 0 Å². The first-order valence-corrected chi connectivity index (χ1v) is 8.74. The maximum absolute atomic E-state index is 12.1. The lowest BCUT2D eigenvalue weighted by molar-refractivity contribution is 0.0939. The van der Waals surface area contributed by atoms with E-state index < -0.39 is 0 Å². The van der Waals surface area contributed by atoms with E-state index in [-0.39, 0.29) is 11.9 Å². The Bertz CT molecular complexity index is 537. The summed E-state index contributed by atoms with van der Waals surface area (Å²) in [5, 5.41) is 9.64. The summed E-state index contributed by atoms with van der Waals surface area (Å²) in [7, 11) is 1.77. The first-order valence-electron chi connectivity index (χ1n) is 8.74. The molecule has 0 saturated carbocycles. The fourth-order valence-corrected chi connectivity index (χ4v) is 1.95. The molecule has 0 aromatic heterocycles. The zero-order valence-corrected chi connectivity index (χ0v) is 15.8. The van der Waals surface area contributed by atoms with Gasteiger partial charge in [-0.15, -0.1) is 0 Å². The number of amides is 1. The fraction of sp³-hybridized carbons (Fsp3) is 0.579. The van der Waals surface area contributed by atoms with Gasteiger partial charge in [0.25, 0.3) is 5.91 Å². The smallest absolute Gasteiger partial charge is 0.251 e. The molecule has 1 aromatic carbocycles. The minimum absolute atomic E-state index is 0.0212. The Hall–Kier alpha value is -2.04. The highest BCUT2D eigenvalue weighted by molar-refractivity contribution is 5.94. The zero-order chi connectivity index (χ0) is 18.1. The van der Waals surface area contributed by atoms with Crippen LogP contribution in [-0.2, 0) is 6.54 Å². The summed E-state index contributed by atoms with van der Waals surface area (Å²) < 4.78 is 0. The minimum Gasteiger partial charge on any atom is -0.354 e. The highest BCUT2D eigenvalue weighted by Gasteiger charge is 2.10. The third-order valence-corrected chi connectivity index (χ3v) is 4.25. The maximum Gasteiger partial charge on any atom is 0.251 e. The van der Waals surface area contributed by atoms with Crippen LogP contribution in [0.25, 0.3) is 0 Å². The predicted molar refractivity (Wildman–Crippen MR) is 101 cm³/mol. The van der Waals surface area contributed by atoms with Crippen LogP contribution >= 0.6 is 0 Å². The van der Waals surface area contributed by atoms with Gasteiger partial charge in [0.05, 0.1) is 0 Å². The SMILES string of the molecule is CCC(C)NC(=O)c1ccc(CNC(=NC)NC(C)C(C)C)cc1. The quantitative estimate of drug-likeness (QED) is 0.531. The van der Waals surface area contributed by atoms with Crippen molar-refractivity contribution in [2.45, 2.75) is 59.7 Å². The van der Waals surface area contributed by atoms with E-state index in [0.29, 0.717) is 24.1 Å². The molecule has 0 bridgehead atoms. The van der Waals surface area contributed by atoms with E-state index in [9.17, 15) is 4.79 Å². The molecule has 5 nitrogen and oxygen atoms in total. The summed E-state index contributed by atoms with van der Waals surface area (Å²) >= 11 is 0. The van der Waals surface area contributed by atoms with Gasteiger partial charge in [0.2, 0.25) is 0 Å². The summed E-state index contributed by atoms with van der Waals surface area (Å²) in [6, 6.07) is 8.21. The van der Waals surface area contributed by atoms with Crippen LogP contribution in [0.3, 0.4) is 0 Å². The van der Waals surface area contributed by atoms with Crippen molar-refractivity contribution in [1.82, 2.24) is 16.0 Å². The van der Waals surface area contributed by atoms with Gasteiger partial charge in [-0.1, -0.05) is 32.9 Å². The first kappa shape index (κ1) is 20.0. The lowest BCUT2D eigenvalue weighted by Crippen LogP contribution is -2.43. The maximum atomic E-state index is 12.1. The van der Waals surface area contributed by atoms with Crippen LogP contribution in [0.1, 0.15) is 57.0 Å². The van der Waals surface area contributed by atoms with Gasteiger partial charge in [0, 0.05) is 31.2 Å². The Morgan fingerprint density at radius 1 is 1.08 bits per heavy atom. The number of nitrogens with one attached hydrogen (secondary N) is 3. The molecule has 2 atom stereocenters. The molecule has 0 saturated heterocycles. The van der Waals surface area contributed by atoms with Crippen LogP contribution in [0.15, 0.2) is 29.3 Å². The van der Waals surface area contributed by atoms with Crippen LogP contribution < -0.4 is 16.0 Å². The van der Waals surface area contributed by atoms with E-state index in [2.05, 4.69) is 48.6 Å². The topological polar surface area (TPSA) is 65.5 Å². The van der Waals surface area contributed by atoms with Crippen molar-refractivity contribution < 1.29 is 4.79 Å². The molecule has 0 aliphatic heterocycles. The predicted octanol–water partition coefficient (Wildman–Crippen LogP) is 2.92. The van der Waals surface area contributed by atoms with Gasteiger partial charge in [0.15, 0.2) is 5.96 Å². The number of rotatable bonds is 7. The molecule has 0 fully saturated rings. The molecule has 1 rings (SSSR count). The Labute approximate surface area is 146 Å². The number of carbonyl (C=O) groups excluding carboxylic acids is 1. The molecule has 3 N–H and O–H groups in total. The molecule has 0 heterocycles. The molecule has 1 aromatic rings. The lowest BCUT2D eigenvalue weighted by atomic mass is 10.1. The number of hydrogen-bond acceptors (Lipinski definition) is 2. The van der Waals surface area contributed by atoms with E-state index in [1.165, 1.54) is 0 Å². The molecule has 0 spiro atoms. The summed E-state index contributed by atoms with van der Waals surface area (Å²) in [4.78, 5) is 16.3. The summed E-state index contributed by atoms with van der Waals surface area (Å²) in [6.07, 6.45) is 0.925. The molecule has 0 radical (unpaired) electrons. The van der Waals surface area contributed by atoms with Crippen molar-refractivity contribution in [1.29, 1.82) is 0 Å². The highest BCUT2D eigenvalue weighted by Crippen LogP contribution is 2.05. The van der Waals surface area contributed by atoms with Crippen molar-refractivity contribution in [3.63, 3.8) is 0 Å². The Morgan fingerprint density at radius 3 is 2.21 bits per heavy atom. The Kier molecular flexibility index (Phi) is 8.30. The van der Waals surface area contributed by atoms with Gasteiger partial charge in [-0.05, 0) is 43.9 Å². The molecule has 24 heavy (non-hydrogen) atoms. The number of hydrogen-bond donors (Lipinski definition) is 3. The van der Waals surface area contributed by atoms with E-state index >= 15 is 0 Å². The molecular formula is C19H32N4O. The molecule has 134 valence electrons. The van der Waals surface area contributed by atoms with Crippen molar-refractivity contribution >= 4 is 11.9 Å². The standard InChI is InChI=1S/C19H32N4O/c1-7-14(4)22-18(24)17-10-8-16(9-11-17)12-21-19(20-6)23-15(5)13(2)3/h8-11,13-15H,7,12H2,1-6H3,(H,22,24)(H2,20,21,23). The highest BCUT2D eigenvalue weighted by atomic mass is 16.1. The normalized spacial score (nSPS) is 14.2. The number of aliphatic imine (C=N–C) groups is 1. The zero-order valence-electron chi connectivity index (χ0n) is 15.8. The van der Waals surface area contributed by atoms with Gasteiger partial charge < -0.3 is 16.0 Å². The van der Waals surface area contributed by atoms with Crippen molar-refractivity contribution in [3.8, 4) is 0 Å². The molecule has 1 amide bonds. The van der Waals surface area contributed by atoms with E-state index in [1.807, 2.05) is 31.2 Å². The molecule has 0 aliphatic carbocycles. The monoisotopic (exact) mass is 332 g/mol. The van der Waals surface area contributed by atoms with Crippen LogP contribution in [0, 0.1) is 5.92 Å². The minimum atomic E-state index is -0.0212. The average molecular weight is 332 g/mol. The molecule has 2 unspecified atom stereocenters. The number of guanidine groups is 1. The van der Waals surface area contributed by atoms with Crippen LogP contribution in [0.5, 0.6) is 0 Å². The molecular weight excluding hydrogens is 300 g/mol. The largest absolute Gasteiger partial charge is 0.354 e. The fourth-order valence-electron chi connectivity index (χ4n) is 1.95. The summed E-state index contributed by atoms with van der Waals surface area (Å²) in [6.45, 7) is 11.2. The third-order valence-electron chi connectivity index (χ3n) is 4.25. The molecule has 0 aliphatic rings. The average Bonchev–Trinajstić information content (AvgIpc) is 2.58. The number of carbonyl (C=O) groups is 1. The summed E-state index contributed by atoms with van der Waals surface area (Å²) in [5.74, 6) is 1.30. The number of nitrogens with zero attached hydrogens (tertiary/aromatic N) is 1. The third kappa shape index (κ3) is 6.60. The van der Waals surface area contributed by atoms with Crippen molar-refractivity contribution in [3.05, 3.63) is 35.4 Å². The van der Waals surface area contributed by atoms with Gasteiger partial charge in [-0.25, -0.2) is 0 Å². The van der Waals surface area contributed by atoms with Crippen LogP contribution in [0.4, 0.5) is 0 Å². The second-order valence-corrected chi connectivity index (χ2v) is 6.58. The first-order chi connectivity index (χ1) is 11.4. The van der Waals surface area contributed by atoms with Crippen LogP contribution in [0.2, 0.25) is 0 Å². The van der Waals surface area contributed by atoms with Gasteiger partial charge in [-0.2, -0.15) is 0 Å². The van der Waals surface area contributed by atoms with Gasteiger partial charge in [0.1, 0.15) is 0 Å². The molecule has 5 heteroatoms. The van der Waals surface area contributed by atoms with Gasteiger partial charge >= 0.3 is 0 Å². The second-order valence-electron chi connectivity index (χ2n) is 6.58. The van der Waals surface area contributed by atoms with E-state index in [1.54, 1.807) is 7.05 Å². The van der Waals surface area contributed by atoms with Crippen molar-refractivity contribution in [2.75, 3.05) is 7.05 Å². The van der Waals surface area contributed by atoms with E-state index in [0.717, 1.165) is 17.9 Å². The second kappa shape index (κ2) is 9.96. The number of benzene rings is 1. The summed E-state index contributed by atoms with van der Waals surface area (Å²) in [5.41, 5.74) is 1.80.